The Kier molecular flexibility index (Phi) is 2.34. The molecule has 0 heterocycles. The van der Waals surface area contributed by atoms with Crippen molar-refractivity contribution in [1.29, 1.82) is 0 Å². The summed E-state index contributed by atoms with van der Waals surface area (Å²) in [6.07, 6.45) is 4.80. The van der Waals surface area contributed by atoms with Crippen molar-refractivity contribution in [3.05, 3.63) is 40.5 Å². The van der Waals surface area contributed by atoms with Gasteiger partial charge in [-0.1, -0.05) is 0 Å². The molecule has 0 N–H and O–H groups in total. The monoisotopic (exact) mass is 377 g/mol. The van der Waals surface area contributed by atoms with Crippen LogP contribution < -0.4 is 0 Å². The normalized spacial score (nSPS) is 25.1. The first-order valence-electron chi connectivity index (χ1n) is 6.03. The van der Waals surface area contributed by atoms with Crippen molar-refractivity contribution in [1.82, 2.24) is 0 Å². The Bertz CT molecular complexity index is 494. The number of hydrogen-bond donors (Lipinski definition) is 0. The van der Waals surface area contributed by atoms with E-state index in [4.69, 9.17) is 0 Å². The zero-order valence-corrected chi connectivity index (χ0v) is 13.8. The molecule has 2 aliphatic rings. The molecule has 1 unspecified atom stereocenters. The van der Waals surface area contributed by atoms with Crippen LogP contribution in [0.25, 0.3) is 5.57 Å². The van der Waals surface area contributed by atoms with Crippen LogP contribution in [-0.4, -0.2) is 0 Å². The topological polar surface area (TPSA) is 0 Å². The first kappa shape index (κ1) is 11.0. The van der Waals surface area contributed by atoms with E-state index < -0.39 is 0 Å². The molecule has 1 atom stereocenters. The quantitative estimate of drug-likeness (QED) is 0.605. The molecule has 1 aromatic carbocycles. The predicted octanol–water partition coefficient (Wildman–Crippen LogP) is 3.82. The fourth-order valence-electron chi connectivity index (χ4n) is 3.06. The molecule has 0 nitrogen and oxygen atoms in total. The number of allylic oxidation sites excluding steroid dienone is 2. The van der Waals surface area contributed by atoms with Crippen molar-refractivity contribution in [2.45, 2.75) is 37.3 Å². The Labute approximate surface area is 113 Å². The summed E-state index contributed by atoms with van der Waals surface area (Å²) in [7, 11) is 0. The maximum absolute atomic E-state index is 2.50. The van der Waals surface area contributed by atoms with Crippen LogP contribution in [0.3, 0.4) is 0 Å². The van der Waals surface area contributed by atoms with Gasteiger partial charge in [0.2, 0.25) is 0 Å². The molecule has 1 aromatic rings. The second kappa shape index (κ2) is 3.41. The molecule has 0 saturated carbocycles. The van der Waals surface area contributed by atoms with Gasteiger partial charge in [0, 0.05) is 0 Å². The molecule has 0 fully saturated rings. The maximum atomic E-state index is 2.50. The van der Waals surface area contributed by atoms with Crippen LogP contribution in [-0.2, 0) is 37.2 Å². The molecule has 0 bridgehead atoms. The Hall–Kier alpha value is -0.170. The van der Waals surface area contributed by atoms with Crippen molar-refractivity contribution >= 4 is 5.57 Å². The van der Waals surface area contributed by atoms with Crippen molar-refractivity contribution in [3.8, 4) is 0 Å². The van der Waals surface area contributed by atoms with E-state index >= 15 is 0 Å². The van der Waals surface area contributed by atoms with Crippen LogP contribution in [0.1, 0.15) is 46.7 Å². The Morgan fingerprint density at radius 2 is 2.00 bits per heavy atom. The molecule has 16 heavy (non-hydrogen) atoms. The molecule has 0 radical (unpaired) electrons. The molecule has 3 rings (SSSR count). The van der Waals surface area contributed by atoms with E-state index in [2.05, 4.69) is 39.0 Å². The van der Waals surface area contributed by atoms with Gasteiger partial charge in [-0.2, -0.15) is 0 Å². The van der Waals surface area contributed by atoms with Crippen LogP contribution in [0.5, 0.6) is 0 Å². The summed E-state index contributed by atoms with van der Waals surface area (Å²) in [4.78, 5) is 0. The van der Waals surface area contributed by atoms with Gasteiger partial charge in [-0.3, -0.25) is 0 Å². The number of benzene rings is 1. The fraction of sp³-hybridized carbons (Fsp3) is 0.467. The SMILES string of the molecule is CC1=CCc2cc3c(cc21)[CH]([Hf])C(C)(C)C3. The number of hydrogen-bond acceptors (Lipinski definition) is 0. The van der Waals surface area contributed by atoms with E-state index in [-0.39, 0.29) is 0 Å². The van der Waals surface area contributed by atoms with E-state index in [0.717, 1.165) is 10.1 Å². The van der Waals surface area contributed by atoms with Crippen molar-refractivity contribution < 1.29 is 24.4 Å². The molecule has 0 saturated heterocycles. The summed E-state index contributed by atoms with van der Waals surface area (Å²) in [5.41, 5.74) is 8.36. The summed E-state index contributed by atoms with van der Waals surface area (Å²) in [5.74, 6) is 0. The third-order valence-electron chi connectivity index (χ3n) is 4.16. The van der Waals surface area contributed by atoms with Crippen LogP contribution in [0.4, 0.5) is 0 Å². The number of fused-ring (bicyclic) bond motifs is 2. The summed E-state index contributed by atoms with van der Waals surface area (Å²) in [5, 5.41) is 0. The number of rotatable bonds is 0. The average Bonchev–Trinajstić information content (AvgIpc) is 2.66. The van der Waals surface area contributed by atoms with Gasteiger partial charge in [-0.15, -0.1) is 0 Å². The molecule has 0 spiro atoms. The zero-order valence-electron chi connectivity index (χ0n) is 10.2. The summed E-state index contributed by atoms with van der Waals surface area (Å²) < 4.78 is 0.834. The second-order valence-corrected chi connectivity index (χ2v) is 7.97. The first-order valence-corrected chi connectivity index (χ1v) is 8.10. The van der Waals surface area contributed by atoms with Gasteiger partial charge in [0.15, 0.2) is 0 Å². The van der Waals surface area contributed by atoms with Crippen molar-refractivity contribution in [2.75, 3.05) is 0 Å². The standard InChI is InChI=1S/C15H17.Hf/c1-10-4-5-11-6-12-8-15(2,3)9-13(12)7-14(10)11;/h4,6-7,9H,5,8H2,1-3H3;. The van der Waals surface area contributed by atoms with Gasteiger partial charge in [-0.05, 0) is 0 Å². The van der Waals surface area contributed by atoms with E-state index in [1.54, 1.807) is 16.7 Å². The van der Waals surface area contributed by atoms with E-state index in [1.165, 1.54) is 41.9 Å². The average molecular weight is 376 g/mol. The Balaban J connectivity index is 2.16. The summed E-state index contributed by atoms with van der Waals surface area (Å²) in [6.45, 7) is 7.11. The van der Waals surface area contributed by atoms with Crippen LogP contribution >= 0.6 is 0 Å². The van der Waals surface area contributed by atoms with Gasteiger partial charge in [0.25, 0.3) is 0 Å². The first-order chi connectivity index (χ1) is 7.49. The van der Waals surface area contributed by atoms with Gasteiger partial charge >= 0.3 is 113 Å². The Morgan fingerprint density at radius 3 is 2.75 bits per heavy atom. The van der Waals surface area contributed by atoms with Gasteiger partial charge in [0.1, 0.15) is 0 Å². The summed E-state index contributed by atoms with van der Waals surface area (Å²) >= 11 is 1.28. The van der Waals surface area contributed by atoms with E-state index in [1.807, 2.05) is 0 Å². The second-order valence-electron chi connectivity index (χ2n) is 5.90. The van der Waals surface area contributed by atoms with E-state index in [9.17, 15) is 0 Å². The molecule has 1 heteroatoms. The van der Waals surface area contributed by atoms with Crippen molar-refractivity contribution in [2.24, 2.45) is 5.41 Å². The van der Waals surface area contributed by atoms with Crippen LogP contribution in [0, 0.1) is 5.41 Å². The third-order valence-corrected chi connectivity index (χ3v) is 8.08. The van der Waals surface area contributed by atoms with Crippen LogP contribution in [0.2, 0.25) is 0 Å². The van der Waals surface area contributed by atoms with Gasteiger partial charge in [0.05, 0.1) is 0 Å². The van der Waals surface area contributed by atoms with E-state index in [0.29, 0.717) is 5.41 Å². The molecule has 0 amide bonds. The summed E-state index contributed by atoms with van der Waals surface area (Å²) in [6, 6.07) is 4.98. The molecule has 2 aliphatic carbocycles. The molecule has 0 aromatic heterocycles. The van der Waals surface area contributed by atoms with Gasteiger partial charge < -0.3 is 0 Å². The molecular weight excluding hydrogens is 359 g/mol. The minimum absolute atomic E-state index is 0.501. The van der Waals surface area contributed by atoms with Crippen LogP contribution in [0.15, 0.2) is 18.2 Å². The molecule has 0 aliphatic heterocycles. The predicted molar refractivity (Wildman–Crippen MR) is 64.0 cm³/mol. The van der Waals surface area contributed by atoms with Crippen molar-refractivity contribution in [3.63, 3.8) is 0 Å². The third kappa shape index (κ3) is 1.44. The zero-order chi connectivity index (χ0) is 11.5. The Morgan fingerprint density at radius 1 is 1.25 bits per heavy atom. The molecule has 81 valence electrons. The fourth-order valence-corrected chi connectivity index (χ4v) is 4.39. The van der Waals surface area contributed by atoms with Gasteiger partial charge in [-0.25, -0.2) is 0 Å². The minimum atomic E-state index is 0.501. The molecular formula is C15H17Hf.